The van der Waals surface area contributed by atoms with Gasteiger partial charge in [0.25, 0.3) is 0 Å². The van der Waals surface area contributed by atoms with Crippen molar-refractivity contribution in [2.75, 3.05) is 0 Å². The number of hydrogen-bond donors (Lipinski definition) is 2. The number of benzene rings is 1. The highest BCUT2D eigenvalue weighted by molar-refractivity contribution is 5.75. The first-order valence-corrected chi connectivity index (χ1v) is 5.08. The third kappa shape index (κ3) is 2.19. The third-order valence-corrected chi connectivity index (χ3v) is 2.37. The second kappa shape index (κ2) is 4.17. The lowest BCUT2D eigenvalue weighted by Gasteiger charge is -1.99. The van der Waals surface area contributed by atoms with Crippen LogP contribution in [0.1, 0.15) is 19.2 Å². The van der Waals surface area contributed by atoms with E-state index in [4.69, 9.17) is 5.11 Å². The number of H-pyrrole nitrogens is 1. The average Bonchev–Trinajstić information content (AvgIpc) is 2.58. The van der Waals surface area contributed by atoms with Crippen molar-refractivity contribution in [1.29, 1.82) is 0 Å². The molecule has 5 heteroatoms. The van der Waals surface area contributed by atoms with Crippen molar-refractivity contribution in [3.63, 3.8) is 0 Å². The lowest BCUT2D eigenvalue weighted by molar-refractivity contribution is 0.184. The number of aromatic amines is 1. The summed E-state index contributed by atoms with van der Waals surface area (Å²) >= 11 is 0. The smallest absolute Gasteiger partial charge is 0.161 e. The summed E-state index contributed by atoms with van der Waals surface area (Å²) in [6.07, 6.45) is 0.696. The van der Waals surface area contributed by atoms with E-state index < -0.39 is 17.7 Å². The van der Waals surface area contributed by atoms with Crippen LogP contribution in [-0.2, 0) is 6.42 Å². The molecule has 1 aromatic heterocycles. The predicted octanol–water partition coefficient (Wildman–Crippen LogP) is 2.15. The average molecular weight is 226 g/mol. The van der Waals surface area contributed by atoms with Gasteiger partial charge in [-0.05, 0) is 13.3 Å². The Morgan fingerprint density at radius 1 is 1.38 bits per heavy atom. The minimum Gasteiger partial charge on any atom is -0.393 e. The van der Waals surface area contributed by atoms with Crippen LogP contribution in [0.5, 0.6) is 0 Å². The number of hydrogen-bond acceptors (Lipinski definition) is 2. The van der Waals surface area contributed by atoms with Crippen molar-refractivity contribution >= 4 is 11.0 Å². The summed E-state index contributed by atoms with van der Waals surface area (Å²) in [7, 11) is 0. The molecule has 86 valence electrons. The van der Waals surface area contributed by atoms with Crippen LogP contribution in [-0.4, -0.2) is 21.2 Å². The molecule has 0 saturated carbocycles. The van der Waals surface area contributed by atoms with Crippen LogP contribution in [0.15, 0.2) is 12.1 Å². The van der Waals surface area contributed by atoms with Gasteiger partial charge >= 0.3 is 0 Å². The predicted molar refractivity (Wildman–Crippen MR) is 56.0 cm³/mol. The lowest BCUT2D eigenvalue weighted by Crippen LogP contribution is -2.02. The summed E-state index contributed by atoms with van der Waals surface area (Å²) in [5, 5.41) is 9.12. The van der Waals surface area contributed by atoms with Crippen LogP contribution >= 0.6 is 0 Å². The Balaban J connectivity index is 2.29. The summed E-state index contributed by atoms with van der Waals surface area (Å²) in [6.45, 7) is 1.68. The Kier molecular flexibility index (Phi) is 2.87. The van der Waals surface area contributed by atoms with E-state index >= 15 is 0 Å². The molecule has 0 radical (unpaired) electrons. The van der Waals surface area contributed by atoms with Gasteiger partial charge in [0.1, 0.15) is 5.82 Å². The summed E-state index contributed by atoms with van der Waals surface area (Å²) in [6, 6.07) is 2.15. The van der Waals surface area contributed by atoms with E-state index in [2.05, 4.69) is 9.97 Å². The summed E-state index contributed by atoms with van der Waals surface area (Å²) < 4.78 is 25.8. The van der Waals surface area contributed by atoms with Crippen molar-refractivity contribution < 1.29 is 13.9 Å². The van der Waals surface area contributed by atoms with Crippen molar-refractivity contribution in [3.8, 4) is 0 Å². The van der Waals surface area contributed by atoms with E-state index in [1.54, 1.807) is 6.92 Å². The molecule has 1 heterocycles. The van der Waals surface area contributed by atoms with Gasteiger partial charge in [0, 0.05) is 18.6 Å². The topological polar surface area (TPSA) is 48.9 Å². The summed E-state index contributed by atoms with van der Waals surface area (Å²) in [5.74, 6) is -1.17. The van der Waals surface area contributed by atoms with E-state index in [-0.39, 0.29) is 0 Å². The maximum absolute atomic E-state index is 12.9. The van der Waals surface area contributed by atoms with Crippen molar-refractivity contribution in [2.45, 2.75) is 25.9 Å². The molecule has 0 aliphatic carbocycles. The van der Waals surface area contributed by atoms with Crippen molar-refractivity contribution in [3.05, 3.63) is 29.6 Å². The second-order valence-corrected chi connectivity index (χ2v) is 3.85. The molecule has 1 unspecified atom stereocenters. The molecule has 0 aliphatic heterocycles. The van der Waals surface area contributed by atoms with E-state index in [0.29, 0.717) is 29.7 Å². The quantitative estimate of drug-likeness (QED) is 0.842. The fraction of sp³-hybridized carbons (Fsp3) is 0.364. The van der Waals surface area contributed by atoms with Gasteiger partial charge in [0.15, 0.2) is 11.6 Å². The maximum Gasteiger partial charge on any atom is 0.161 e. The molecule has 2 aromatic rings. The summed E-state index contributed by atoms with van der Waals surface area (Å²) in [4.78, 5) is 7.00. The van der Waals surface area contributed by atoms with Crippen LogP contribution in [0, 0.1) is 11.6 Å². The van der Waals surface area contributed by atoms with E-state index in [9.17, 15) is 8.78 Å². The number of aryl methyl sites for hydroxylation is 1. The molecule has 0 spiro atoms. The van der Waals surface area contributed by atoms with E-state index in [1.165, 1.54) is 0 Å². The minimum absolute atomic E-state index is 0.402. The van der Waals surface area contributed by atoms with Gasteiger partial charge in [0.2, 0.25) is 0 Å². The number of halogens is 2. The molecule has 0 amide bonds. The number of aliphatic hydroxyl groups is 1. The molecule has 3 nitrogen and oxygen atoms in total. The van der Waals surface area contributed by atoms with Gasteiger partial charge in [-0.1, -0.05) is 0 Å². The van der Waals surface area contributed by atoms with Gasteiger partial charge in [0.05, 0.1) is 17.1 Å². The van der Waals surface area contributed by atoms with Crippen LogP contribution in [0.4, 0.5) is 8.78 Å². The molecule has 2 N–H and O–H groups in total. The zero-order valence-corrected chi connectivity index (χ0v) is 8.80. The van der Waals surface area contributed by atoms with Crippen LogP contribution < -0.4 is 0 Å². The first kappa shape index (κ1) is 11.0. The fourth-order valence-electron chi connectivity index (χ4n) is 1.52. The van der Waals surface area contributed by atoms with Gasteiger partial charge in [-0.3, -0.25) is 0 Å². The number of fused-ring (bicyclic) bond motifs is 1. The Labute approximate surface area is 91.1 Å². The molecule has 0 bridgehead atoms. The normalized spacial score (nSPS) is 13.2. The van der Waals surface area contributed by atoms with Gasteiger partial charge in [-0.25, -0.2) is 13.8 Å². The van der Waals surface area contributed by atoms with E-state index in [0.717, 1.165) is 12.1 Å². The lowest BCUT2D eigenvalue weighted by atomic mass is 10.2. The van der Waals surface area contributed by atoms with Crippen molar-refractivity contribution in [1.82, 2.24) is 9.97 Å². The zero-order chi connectivity index (χ0) is 11.7. The number of nitrogens with one attached hydrogen (secondary N) is 1. The minimum atomic E-state index is -0.902. The number of nitrogens with zero attached hydrogens (tertiary/aromatic N) is 1. The number of rotatable bonds is 3. The van der Waals surface area contributed by atoms with Gasteiger partial charge in [-0.2, -0.15) is 0 Å². The summed E-state index contributed by atoms with van der Waals surface area (Å²) in [5.41, 5.74) is 0.874. The molecular formula is C11H12F2N2O. The highest BCUT2D eigenvalue weighted by Crippen LogP contribution is 2.17. The first-order chi connectivity index (χ1) is 7.56. The van der Waals surface area contributed by atoms with Gasteiger partial charge < -0.3 is 10.1 Å². The second-order valence-electron chi connectivity index (χ2n) is 3.85. The van der Waals surface area contributed by atoms with Gasteiger partial charge in [-0.15, -0.1) is 0 Å². The largest absolute Gasteiger partial charge is 0.393 e. The molecule has 1 atom stereocenters. The third-order valence-electron chi connectivity index (χ3n) is 2.37. The van der Waals surface area contributed by atoms with Crippen LogP contribution in [0.3, 0.4) is 0 Å². The molecule has 0 aliphatic rings. The van der Waals surface area contributed by atoms with Crippen LogP contribution in [0.2, 0.25) is 0 Å². The molecule has 2 rings (SSSR count). The molecule has 1 aromatic carbocycles. The number of imidazole rings is 1. The van der Waals surface area contributed by atoms with E-state index in [1.807, 2.05) is 0 Å². The maximum atomic E-state index is 12.9. The number of aromatic nitrogens is 2. The molecular weight excluding hydrogens is 214 g/mol. The zero-order valence-electron chi connectivity index (χ0n) is 8.80. The Hall–Kier alpha value is -1.49. The SMILES string of the molecule is CC(O)CCc1nc2cc(F)c(F)cc2[nH]1. The Morgan fingerprint density at radius 2 is 2.06 bits per heavy atom. The fourth-order valence-corrected chi connectivity index (χ4v) is 1.52. The first-order valence-electron chi connectivity index (χ1n) is 5.08. The monoisotopic (exact) mass is 226 g/mol. The Bertz CT molecular complexity index is 469. The molecule has 16 heavy (non-hydrogen) atoms. The van der Waals surface area contributed by atoms with Crippen molar-refractivity contribution in [2.24, 2.45) is 0 Å². The highest BCUT2D eigenvalue weighted by Gasteiger charge is 2.09. The standard InChI is InChI=1S/C11H12F2N2O/c1-6(16)2-3-11-14-9-4-7(12)8(13)5-10(9)15-11/h4-6,16H,2-3H2,1H3,(H,14,15). The Morgan fingerprint density at radius 3 is 2.75 bits per heavy atom. The molecule has 0 fully saturated rings. The number of aliphatic hydroxyl groups excluding tert-OH is 1. The molecule has 0 saturated heterocycles. The van der Waals surface area contributed by atoms with Crippen LogP contribution in [0.25, 0.3) is 11.0 Å². The highest BCUT2D eigenvalue weighted by atomic mass is 19.2.